The summed E-state index contributed by atoms with van der Waals surface area (Å²) in [6, 6.07) is -1.57. The van der Waals surface area contributed by atoms with E-state index in [0.717, 1.165) is 51.9 Å². The average molecular weight is 633 g/mol. The van der Waals surface area contributed by atoms with E-state index in [9.17, 15) is 19.2 Å². The molecule has 2 fully saturated rings. The van der Waals surface area contributed by atoms with E-state index in [2.05, 4.69) is 48.1 Å². The van der Waals surface area contributed by atoms with E-state index in [1.165, 1.54) is 0 Å². The highest BCUT2D eigenvalue weighted by molar-refractivity contribution is 5.97. The maximum absolute atomic E-state index is 14.1. The van der Waals surface area contributed by atoms with Crippen molar-refractivity contribution in [2.45, 2.75) is 132 Å². The van der Waals surface area contributed by atoms with Crippen LogP contribution in [0.15, 0.2) is 11.6 Å². The monoisotopic (exact) mass is 632 g/mol. The molecule has 4 amide bonds. The fraction of sp³-hybridized carbons (Fsp3) is 0.829. The molecule has 4 atom stereocenters. The second-order valence-corrected chi connectivity index (χ2v) is 14.7. The van der Waals surface area contributed by atoms with Gasteiger partial charge in [-0.25, -0.2) is 0 Å². The fourth-order valence-electron chi connectivity index (χ4n) is 6.67. The molecule has 45 heavy (non-hydrogen) atoms. The molecule has 0 radical (unpaired) electrons. The molecular formula is C35H64N6O4. The maximum Gasteiger partial charge on any atom is 0.249 e. The van der Waals surface area contributed by atoms with Gasteiger partial charge in [0.2, 0.25) is 23.6 Å². The summed E-state index contributed by atoms with van der Waals surface area (Å²) in [7, 11) is 1.76. The summed E-state index contributed by atoms with van der Waals surface area (Å²) in [6.45, 7) is 24.8. The Balaban J connectivity index is 2.20. The Hall–Kier alpha value is -2.46. The van der Waals surface area contributed by atoms with E-state index < -0.39 is 17.5 Å². The molecule has 0 saturated carbocycles. The minimum absolute atomic E-state index is 0.0190. The van der Waals surface area contributed by atoms with Crippen LogP contribution in [0.25, 0.3) is 0 Å². The molecule has 0 aromatic rings. The molecule has 10 heteroatoms. The Morgan fingerprint density at radius 1 is 0.911 bits per heavy atom. The maximum atomic E-state index is 14.1. The highest BCUT2D eigenvalue weighted by Gasteiger charge is 2.40. The van der Waals surface area contributed by atoms with E-state index in [-0.39, 0.29) is 47.7 Å². The van der Waals surface area contributed by atoms with Crippen molar-refractivity contribution in [1.82, 2.24) is 30.2 Å². The van der Waals surface area contributed by atoms with Crippen molar-refractivity contribution in [3.8, 4) is 0 Å². The Labute approximate surface area is 273 Å². The molecule has 0 aliphatic carbocycles. The summed E-state index contributed by atoms with van der Waals surface area (Å²) in [4.78, 5) is 62.3. The molecule has 2 N–H and O–H groups in total. The minimum atomic E-state index is -0.723. The van der Waals surface area contributed by atoms with Crippen LogP contribution in [0.5, 0.6) is 0 Å². The lowest BCUT2D eigenvalue weighted by Gasteiger charge is -2.41. The largest absolute Gasteiger partial charge is 0.353 e. The lowest BCUT2D eigenvalue weighted by Crippen LogP contribution is -2.60. The van der Waals surface area contributed by atoms with Gasteiger partial charge in [0.1, 0.15) is 12.1 Å². The van der Waals surface area contributed by atoms with E-state index >= 15 is 0 Å². The molecule has 258 valence electrons. The number of piperidine rings is 1. The van der Waals surface area contributed by atoms with E-state index in [4.69, 9.17) is 0 Å². The van der Waals surface area contributed by atoms with Crippen molar-refractivity contribution in [3.05, 3.63) is 11.6 Å². The number of nitrogens with zero attached hydrogens (tertiary/aromatic N) is 4. The van der Waals surface area contributed by atoms with Crippen LogP contribution < -0.4 is 10.6 Å². The molecule has 0 aromatic carbocycles. The number of carbonyl (C=O) groups is 4. The van der Waals surface area contributed by atoms with Gasteiger partial charge in [-0.2, -0.15) is 0 Å². The van der Waals surface area contributed by atoms with Crippen LogP contribution in [0.4, 0.5) is 0 Å². The lowest BCUT2D eigenvalue weighted by atomic mass is 9.84. The first-order valence-corrected chi connectivity index (χ1v) is 17.4. The third-order valence-electron chi connectivity index (χ3n) is 9.58. The van der Waals surface area contributed by atoms with Crippen molar-refractivity contribution < 1.29 is 19.2 Å². The standard InChI is InChI=1S/C35H64N6O4/c1-12-39(13-2)22-19-36-31(42)27-18-16-21-41(27)33(44)26(7)23-29(24(3)4)38(11)34(45)30(35(8,9)10)37-32(43)28-17-14-15-20-40(28)25(5)6/h23-25,27-30H,12-22H2,1-11H3,(H,36,42)(H,37,43)/t27-,28?,29+,30+/m0/s1. The fourth-order valence-corrected chi connectivity index (χ4v) is 6.67. The van der Waals surface area contributed by atoms with Gasteiger partial charge >= 0.3 is 0 Å². The van der Waals surface area contributed by atoms with Gasteiger partial charge in [-0.05, 0) is 77.4 Å². The van der Waals surface area contributed by atoms with Crippen LogP contribution in [-0.2, 0) is 19.2 Å². The topological polar surface area (TPSA) is 105 Å². The first-order chi connectivity index (χ1) is 21.0. The van der Waals surface area contributed by atoms with Crippen LogP contribution >= 0.6 is 0 Å². The number of likely N-dealkylation sites (tertiary alicyclic amines) is 2. The second kappa shape index (κ2) is 17.5. The predicted molar refractivity (Wildman–Crippen MR) is 182 cm³/mol. The molecule has 2 aliphatic rings. The molecule has 0 aromatic heterocycles. The molecule has 0 bridgehead atoms. The summed E-state index contributed by atoms with van der Waals surface area (Å²) in [5, 5.41) is 6.17. The second-order valence-electron chi connectivity index (χ2n) is 14.7. The molecule has 2 heterocycles. The summed E-state index contributed by atoms with van der Waals surface area (Å²) >= 11 is 0. The van der Waals surface area contributed by atoms with E-state index in [1.807, 2.05) is 40.7 Å². The number of carbonyl (C=O) groups excluding carboxylic acids is 4. The SMILES string of the molecule is CCN(CC)CCNC(=O)[C@@H]1CCCN1C(=O)C(C)=C[C@H](C(C)C)N(C)C(=O)[C@@H](NC(=O)C1CCCCN1C(C)C)C(C)(C)C. The summed E-state index contributed by atoms with van der Waals surface area (Å²) in [5.74, 6) is -0.528. The molecule has 2 aliphatic heterocycles. The highest BCUT2D eigenvalue weighted by atomic mass is 16.2. The van der Waals surface area contributed by atoms with Gasteiger partial charge in [0.05, 0.1) is 12.1 Å². The summed E-state index contributed by atoms with van der Waals surface area (Å²) < 4.78 is 0. The molecule has 0 spiro atoms. The highest BCUT2D eigenvalue weighted by Crippen LogP contribution is 2.27. The molecule has 10 nitrogen and oxygen atoms in total. The quantitative estimate of drug-likeness (QED) is 0.284. The third-order valence-corrected chi connectivity index (χ3v) is 9.58. The molecule has 2 rings (SSSR count). The number of hydrogen-bond acceptors (Lipinski definition) is 6. The zero-order valence-corrected chi connectivity index (χ0v) is 30.2. The Morgan fingerprint density at radius 3 is 2.09 bits per heavy atom. The third kappa shape index (κ3) is 10.5. The van der Waals surface area contributed by atoms with Crippen LogP contribution in [0, 0.1) is 11.3 Å². The van der Waals surface area contributed by atoms with Gasteiger partial charge < -0.3 is 25.3 Å². The number of nitrogens with one attached hydrogen (secondary N) is 2. The van der Waals surface area contributed by atoms with Gasteiger partial charge in [0.15, 0.2) is 0 Å². The van der Waals surface area contributed by atoms with Crippen molar-refractivity contribution in [2.75, 3.05) is 46.3 Å². The Morgan fingerprint density at radius 2 is 1.53 bits per heavy atom. The van der Waals surface area contributed by atoms with Crippen molar-refractivity contribution in [1.29, 1.82) is 0 Å². The summed E-state index contributed by atoms with van der Waals surface area (Å²) in [6.07, 6.45) is 6.15. The number of amides is 4. The van der Waals surface area contributed by atoms with Gasteiger partial charge in [-0.1, -0.05) is 61.0 Å². The van der Waals surface area contributed by atoms with Crippen LogP contribution in [0.3, 0.4) is 0 Å². The predicted octanol–water partition coefficient (Wildman–Crippen LogP) is 3.66. The van der Waals surface area contributed by atoms with Crippen molar-refractivity contribution in [2.24, 2.45) is 11.3 Å². The van der Waals surface area contributed by atoms with Gasteiger partial charge in [0, 0.05) is 38.3 Å². The van der Waals surface area contributed by atoms with Crippen LogP contribution in [-0.4, -0.2) is 120 Å². The molecule has 2 saturated heterocycles. The number of hydrogen-bond donors (Lipinski definition) is 2. The Kier molecular flexibility index (Phi) is 15.0. The first-order valence-electron chi connectivity index (χ1n) is 17.4. The van der Waals surface area contributed by atoms with Gasteiger partial charge in [-0.3, -0.25) is 24.1 Å². The van der Waals surface area contributed by atoms with Gasteiger partial charge in [-0.15, -0.1) is 0 Å². The minimum Gasteiger partial charge on any atom is -0.353 e. The first kappa shape index (κ1) is 38.7. The van der Waals surface area contributed by atoms with Crippen LogP contribution in [0.1, 0.15) is 101 Å². The van der Waals surface area contributed by atoms with Crippen molar-refractivity contribution >= 4 is 23.6 Å². The van der Waals surface area contributed by atoms with Crippen molar-refractivity contribution in [3.63, 3.8) is 0 Å². The van der Waals surface area contributed by atoms with Crippen LogP contribution in [0.2, 0.25) is 0 Å². The Bertz CT molecular complexity index is 1030. The normalized spacial score (nSPS) is 21.3. The smallest absolute Gasteiger partial charge is 0.249 e. The molecular weight excluding hydrogens is 568 g/mol. The summed E-state index contributed by atoms with van der Waals surface area (Å²) in [5.41, 5.74) is -0.00196. The average Bonchev–Trinajstić information content (AvgIpc) is 3.48. The zero-order valence-electron chi connectivity index (χ0n) is 30.2. The van der Waals surface area contributed by atoms with Gasteiger partial charge in [0.25, 0.3) is 0 Å². The van der Waals surface area contributed by atoms with E-state index in [1.54, 1.807) is 23.8 Å². The lowest BCUT2D eigenvalue weighted by molar-refractivity contribution is -0.142. The molecule has 1 unspecified atom stereocenters. The number of rotatable bonds is 14. The zero-order chi connectivity index (χ0) is 34.1. The number of likely N-dealkylation sites (N-methyl/N-ethyl adjacent to an activating group) is 2. The van der Waals surface area contributed by atoms with E-state index in [0.29, 0.717) is 25.1 Å².